The summed E-state index contributed by atoms with van der Waals surface area (Å²) in [6.45, 7) is 4.89. The minimum absolute atomic E-state index is 0.0120. The summed E-state index contributed by atoms with van der Waals surface area (Å²) in [4.78, 5) is 24.6. The highest BCUT2D eigenvalue weighted by atomic mass is 16.5. The topological polar surface area (TPSA) is 95.9 Å². The summed E-state index contributed by atoms with van der Waals surface area (Å²) in [6.07, 6.45) is 79.1. The molecule has 0 aromatic rings. The molecule has 2 atom stereocenters. The van der Waals surface area contributed by atoms with Crippen molar-refractivity contribution in [3.63, 3.8) is 0 Å². The molecule has 0 heterocycles. The van der Waals surface area contributed by atoms with Gasteiger partial charge < -0.3 is 20.3 Å². The third-order valence-electron chi connectivity index (χ3n) is 15.2. The second-order valence-corrected chi connectivity index (χ2v) is 22.5. The number of aliphatic hydroxyl groups is 2. The molecule has 0 aliphatic heterocycles. The molecule has 0 aliphatic rings. The van der Waals surface area contributed by atoms with Gasteiger partial charge in [0.15, 0.2) is 0 Å². The molecule has 0 aromatic heterocycles. The third-order valence-corrected chi connectivity index (χ3v) is 15.2. The molecule has 73 heavy (non-hydrogen) atoms. The third kappa shape index (κ3) is 59.2. The average molecular weight is 1030 g/mol. The summed E-state index contributed by atoms with van der Waals surface area (Å²) in [5, 5.41) is 23.2. The van der Waals surface area contributed by atoms with Crippen molar-refractivity contribution < 1.29 is 24.5 Å². The van der Waals surface area contributed by atoms with Gasteiger partial charge >= 0.3 is 5.97 Å². The van der Waals surface area contributed by atoms with E-state index in [0.29, 0.717) is 19.4 Å². The highest BCUT2D eigenvalue weighted by Crippen LogP contribution is 2.18. The van der Waals surface area contributed by atoms with Gasteiger partial charge in [0.05, 0.1) is 25.4 Å². The normalized spacial score (nSPS) is 12.8. The lowest BCUT2D eigenvalue weighted by Gasteiger charge is -2.20. The van der Waals surface area contributed by atoms with Crippen LogP contribution in [0.2, 0.25) is 0 Å². The highest BCUT2D eigenvalue weighted by Gasteiger charge is 2.18. The molecule has 0 fully saturated rings. The van der Waals surface area contributed by atoms with Gasteiger partial charge in [-0.2, -0.15) is 0 Å². The van der Waals surface area contributed by atoms with Crippen molar-refractivity contribution in [2.45, 2.75) is 366 Å². The van der Waals surface area contributed by atoms with Gasteiger partial charge in [-0.05, 0) is 70.6 Å². The standard InChI is InChI=1S/C67H127NO5/c1-3-5-7-9-11-13-15-17-19-21-22-23-24-25-28-31-35-39-43-47-51-55-59-65(70)64(63-69)68-66(71)60-56-52-48-44-40-36-32-29-26-30-34-38-42-46-50-54-58-62-73-67(72)61-57-53-49-45-41-37-33-27-20-18-16-14-12-10-8-6-4-2/h26,30,38,42,55,59,64-65,69-70H,3-25,27-29,31-37,39-41,43-54,56-58,60-63H2,1-2H3,(H,68,71)/b30-26-,42-38-,59-55+. The molecule has 0 saturated carbocycles. The molecule has 0 spiro atoms. The lowest BCUT2D eigenvalue weighted by molar-refractivity contribution is -0.143. The maximum Gasteiger partial charge on any atom is 0.305 e. The van der Waals surface area contributed by atoms with E-state index in [2.05, 4.69) is 43.5 Å². The number of allylic oxidation sites excluding steroid dienone is 5. The van der Waals surface area contributed by atoms with Crippen molar-refractivity contribution >= 4 is 11.9 Å². The zero-order valence-electron chi connectivity index (χ0n) is 49.1. The Bertz CT molecular complexity index is 1180. The highest BCUT2D eigenvalue weighted by molar-refractivity contribution is 5.76. The number of hydrogen-bond acceptors (Lipinski definition) is 5. The van der Waals surface area contributed by atoms with Gasteiger partial charge in [0, 0.05) is 12.8 Å². The van der Waals surface area contributed by atoms with Gasteiger partial charge in [-0.1, -0.05) is 307 Å². The lowest BCUT2D eigenvalue weighted by atomic mass is 10.0. The molecular formula is C67H127NO5. The Morgan fingerprint density at radius 3 is 1.04 bits per heavy atom. The fourth-order valence-corrected chi connectivity index (χ4v) is 10.1. The van der Waals surface area contributed by atoms with Crippen molar-refractivity contribution in [1.82, 2.24) is 5.32 Å². The molecule has 2 unspecified atom stereocenters. The number of rotatable bonds is 61. The first-order chi connectivity index (χ1) is 36.0. The van der Waals surface area contributed by atoms with Crippen molar-refractivity contribution in [2.24, 2.45) is 0 Å². The van der Waals surface area contributed by atoms with E-state index in [-0.39, 0.29) is 18.5 Å². The summed E-state index contributed by atoms with van der Waals surface area (Å²) in [5.74, 6) is -0.0930. The number of aliphatic hydroxyl groups excluding tert-OH is 2. The fourth-order valence-electron chi connectivity index (χ4n) is 10.1. The first-order valence-electron chi connectivity index (χ1n) is 32.8. The van der Waals surface area contributed by atoms with Crippen LogP contribution in [0.15, 0.2) is 36.5 Å². The molecule has 6 heteroatoms. The number of nitrogens with one attached hydrogen (secondary N) is 1. The van der Waals surface area contributed by atoms with Crippen LogP contribution in [0, 0.1) is 0 Å². The van der Waals surface area contributed by atoms with Crippen molar-refractivity contribution in [2.75, 3.05) is 13.2 Å². The van der Waals surface area contributed by atoms with Gasteiger partial charge in [0.25, 0.3) is 0 Å². The Morgan fingerprint density at radius 1 is 0.384 bits per heavy atom. The summed E-state index contributed by atoms with van der Waals surface area (Å²) in [6, 6.07) is -0.641. The van der Waals surface area contributed by atoms with Crippen LogP contribution < -0.4 is 5.32 Å². The van der Waals surface area contributed by atoms with Crippen LogP contribution in [0.25, 0.3) is 0 Å². The van der Waals surface area contributed by atoms with Crippen LogP contribution in [0.1, 0.15) is 354 Å². The molecule has 0 saturated heterocycles. The molecule has 0 rings (SSSR count). The molecule has 0 aromatic carbocycles. The molecule has 3 N–H and O–H groups in total. The minimum atomic E-state index is -0.857. The minimum Gasteiger partial charge on any atom is -0.466 e. The van der Waals surface area contributed by atoms with Crippen molar-refractivity contribution in [3.05, 3.63) is 36.5 Å². The van der Waals surface area contributed by atoms with Gasteiger partial charge in [-0.15, -0.1) is 0 Å². The van der Waals surface area contributed by atoms with Crippen molar-refractivity contribution in [3.8, 4) is 0 Å². The maximum atomic E-state index is 12.5. The average Bonchev–Trinajstić information content (AvgIpc) is 3.39. The molecule has 0 radical (unpaired) electrons. The zero-order valence-corrected chi connectivity index (χ0v) is 49.1. The number of ether oxygens (including phenoxy) is 1. The Hall–Kier alpha value is -1.92. The molecule has 0 bridgehead atoms. The smallest absolute Gasteiger partial charge is 0.305 e. The monoisotopic (exact) mass is 1030 g/mol. The van der Waals surface area contributed by atoms with Gasteiger partial charge in [-0.25, -0.2) is 0 Å². The van der Waals surface area contributed by atoms with Gasteiger partial charge in [0.2, 0.25) is 5.91 Å². The largest absolute Gasteiger partial charge is 0.466 e. The van der Waals surface area contributed by atoms with E-state index in [9.17, 15) is 19.8 Å². The van der Waals surface area contributed by atoms with E-state index in [1.807, 2.05) is 6.08 Å². The maximum absolute atomic E-state index is 12.5. The second-order valence-electron chi connectivity index (χ2n) is 22.5. The van der Waals surface area contributed by atoms with Gasteiger partial charge in [-0.3, -0.25) is 9.59 Å². The van der Waals surface area contributed by atoms with E-state index < -0.39 is 12.1 Å². The number of carbonyl (C=O) groups is 2. The number of carbonyl (C=O) groups excluding carboxylic acids is 2. The number of amides is 1. The van der Waals surface area contributed by atoms with E-state index >= 15 is 0 Å². The van der Waals surface area contributed by atoms with Crippen LogP contribution >= 0.6 is 0 Å². The van der Waals surface area contributed by atoms with Crippen LogP contribution in [0.4, 0.5) is 0 Å². The SMILES string of the molecule is CCCCCCCCCCCCCCCCCCCCCC/C=C/C(O)C(CO)NC(=O)CCCCCCCCC/C=C\C/C=C\CCCCCOC(=O)CCCCCCCCCCCCCCCCCCC. The number of esters is 1. The molecule has 430 valence electrons. The quantitative estimate of drug-likeness (QED) is 0.0320. The van der Waals surface area contributed by atoms with E-state index in [0.717, 1.165) is 83.5 Å². The Labute approximate surface area is 455 Å². The van der Waals surface area contributed by atoms with E-state index in [4.69, 9.17) is 4.74 Å². The predicted molar refractivity (Wildman–Crippen MR) is 319 cm³/mol. The number of hydrogen-bond donors (Lipinski definition) is 3. The molecular weight excluding hydrogens is 899 g/mol. The number of unbranched alkanes of at least 4 members (excludes halogenated alkanes) is 46. The first kappa shape index (κ1) is 71.1. The predicted octanol–water partition coefficient (Wildman–Crippen LogP) is 20.8. The lowest BCUT2D eigenvalue weighted by Crippen LogP contribution is -2.45. The fraction of sp³-hybridized carbons (Fsp3) is 0.881. The first-order valence-corrected chi connectivity index (χ1v) is 32.8. The van der Waals surface area contributed by atoms with Gasteiger partial charge in [0.1, 0.15) is 0 Å². The van der Waals surface area contributed by atoms with Crippen LogP contribution in [0.3, 0.4) is 0 Å². The molecule has 1 amide bonds. The Morgan fingerprint density at radius 2 is 0.685 bits per heavy atom. The zero-order chi connectivity index (χ0) is 52.9. The summed E-state index contributed by atoms with van der Waals surface area (Å²) >= 11 is 0. The van der Waals surface area contributed by atoms with Crippen LogP contribution in [0.5, 0.6) is 0 Å². The Balaban J connectivity index is 3.50. The summed E-state index contributed by atoms with van der Waals surface area (Å²) < 4.78 is 5.47. The Kier molecular flexibility index (Phi) is 61.0. The van der Waals surface area contributed by atoms with E-state index in [1.165, 1.54) is 244 Å². The second kappa shape index (κ2) is 62.6. The summed E-state index contributed by atoms with van der Waals surface area (Å²) in [7, 11) is 0. The van der Waals surface area contributed by atoms with Crippen LogP contribution in [-0.4, -0.2) is 47.4 Å². The van der Waals surface area contributed by atoms with E-state index in [1.54, 1.807) is 6.08 Å². The summed E-state index contributed by atoms with van der Waals surface area (Å²) in [5.41, 5.74) is 0. The van der Waals surface area contributed by atoms with Crippen molar-refractivity contribution in [1.29, 1.82) is 0 Å². The van der Waals surface area contributed by atoms with Crippen LogP contribution in [-0.2, 0) is 14.3 Å². The molecule has 0 aliphatic carbocycles. The molecule has 6 nitrogen and oxygen atoms in total.